The minimum atomic E-state index is -0.798. The Bertz CT molecular complexity index is 1390. The molecule has 9 heteroatoms. The average molecular weight is 581 g/mol. The van der Waals surface area contributed by atoms with E-state index in [1.807, 2.05) is 72.8 Å². The number of β-amino-alcohol motifs (C(OH)–C–C–N with tert-alkyl or cyclic N) is 1. The number of amides is 3. The van der Waals surface area contributed by atoms with Crippen LogP contribution < -0.4 is 10.6 Å². The van der Waals surface area contributed by atoms with Crippen molar-refractivity contribution in [3.63, 3.8) is 0 Å². The molecule has 0 aliphatic carbocycles. The van der Waals surface area contributed by atoms with E-state index in [1.54, 1.807) is 11.8 Å². The Kier molecular flexibility index (Phi) is 6.25. The maximum Gasteiger partial charge on any atom is 0.248 e. The number of nitrogens with one attached hydrogen (secondary N) is 2. The lowest BCUT2D eigenvalue weighted by Gasteiger charge is -2.35. The van der Waals surface area contributed by atoms with Gasteiger partial charge in [-0.3, -0.25) is 14.4 Å². The quantitative estimate of drug-likeness (QED) is 0.385. The fourth-order valence-corrected chi connectivity index (χ4v) is 9.92. The third kappa shape index (κ3) is 3.95. The van der Waals surface area contributed by atoms with Gasteiger partial charge in [-0.2, -0.15) is 0 Å². The summed E-state index contributed by atoms with van der Waals surface area (Å²) in [5, 5.41) is 17.7. The molecule has 190 valence electrons. The summed E-state index contributed by atoms with van der Waals surface area (Å²) in [6, 6.07) is 22.0. The van der Waals surface area contributed by atoms with Crippen LogP contribution in [-0.4, -0.2) is 61.7 Å². The number of anilines is 2. The highest BCUT2D eigenvalue weighted by Crippen LogP contribution is 2.67. The molecule has 3 heterocycles. The Labute approximate surface area is 227 Å². The van der Waals surface area contributed by atoms with Gasteiger partial charge >= 0.3 is 0 Å². The third-order valence-corrected chi connectivity index (χ3v) is 11.0. The lowest BCUT2D eigenvalue weighted by molar-refractivity contribution is -0.138. The molecule has 0 aromatic heterocycles. The number of thioether (sulfide) groups is 1. The van der Waals surface area contributed by atoms with E-state index in [2.05, 4.69) is 26.6 Å². The fourth-order valence-electron chi connectivity index (χ4n) is 6.30. The highest BCUT2D eigenvalue weighted by Gasteiger charge is 2.75. The van der Waals surface area contributed by atoms with E-state index >= 15 is 0 Å². The summed E-state index contributed by atoms with van der Waals surface area (Å²) in [6.45, 7) is -0.223. The van der Waals surface area contributed by atoms with Gasteiger partial charge < -0.3 is 20.6 Å². The molecular weight excluding hydrogens is 554 g/mol. The summed E-state index contributed by atoms with van der Waals surface area (Å²) in [4.78, 5) is 42.7. The number of likely N-dealkylation sites (tertiary alicyclic amines) is 1. The van der Waals surface area contributed by atoms with Gasteiger partial charge in [-0.15, -0.1) is 11.8 Å². The van der Waals surface area contributed by atoms with Crippen LogP contribution in [0.3, 0.4) is 0 Å². The SMILES string of the molecule is O=C(Nc1ccc2ccccc2c1)C1N(CCO)C(=O)[C@@H]2[C@H](C(=O)Nc3ccccc3)[C@H]3SC12CC3Br. The molecule has 3 N–H and O–H groups in total. The number of carbonyl (C=O) groups is 3. The maximum absolute atomic E-state index is 13.9. The third-order valence-electron chi connectivity index (χ3n) is 7.74. The number of rotatable bonds is 6. The number of halogens is 1. The standard InChI is InChI=1S/C28H26BrN3O4S/c29-20-15-28-22(21(23(20)37-28)25(34)30-18-8-2-1-3-9-18)27(36)32(12-13-33)24(28)26(35)31-19-11-10-16-6-4-5-7-17(16)14-19/h1-11,14,20-24,33H,12-13,15H2,(H,30,34)(H,31,35)/t20?,21-,22-,23-,24?,28?/m0/s1. The summed E-state index contributed by atoms with van der Waals surface area (Å²) in [7, 11) is 0. The monoisotopic (exact) mass is 579 g/mol. The van der Waals surface area contributed by atoms with Crippen LogP contribution in [0.4, 0.5) is 11.4 Å². The summed E-state index contributed by atoms with van der Waals surface area (Å²) < 4.78 is -0.759. The lowest BCUT2D eigenvalue weighted by Crippen LogP contribution is -2.53. The number of hydrogen-bond acceptors (Lipinski definition) is 5. The van der Waals surface area contributed by atoms with Crippen LogP contribution >= 0.6 is 27.7 Å². The largest absolute Gasteiger partial charge is 0.395 e. The Balaban J connectivity index is 1.33. The molecule has 3 aliphatic rings. The van der Waals surface area contributed by atoms with Crippen molar-refractivity contribution in [2.45, 2.75) is 27.3 Å². The first-order chi connectivity index (χ1) is 17.9. The van der Waals surface area contributed by atoms with Crippen LogP contribution in [0.15, 0.2) is 72.8 Å². The topological polar surface area (TPSA) is 98.7 Å². The average Bonchev–Trinajstić information content (AvgIpc) is 3.48. The Morgan fingerprint density at radius 1 is 0.973 bits per heavy atom. The second kappa shape index (κ2) is 9.45. The van der Waals surface area contributed by atoms with E-state index < -0.39 is 22.6 Å². The van der Waals surface area contributed by atoms with Crippen LogP contribution in [0.2, 0.25) is 0 Å². The molecule has 3 aromatic carbocycles. The molecule has 3 aliphatic heterocycles. The molecule has 3 amide bonds. The molecule has 7 nitrogen and oxygen atoms in total. The zero-order chi connectivity index (χ0) is 25.7. The van der Waals surface area contributed by atoms with Gasteiger partial charge in [0, 0.05) is 28.0 Å². The van der Waals surface area contributed by atoms with Crippen molar-refractivity contribution >= 4 is 67.6 Å². The first kappa shape index (κ1) is 24.5. The predicted molar refractivity (Wildman–Crippen MR) is 149 cm³/mol. The Hall–Kier alpha value is -2.88. The van der Waals surface area contributed by atoms with Crippen molar-refractivity contribution in [2.75, 3.05) is 23.8 Å². The summed E-state index contributed by atoms with van der Waals surface area (Å²) >= 11 is 5.33. The molecule has 37 heavy (non-hydrogen) atoms. The first-order valence-electron chi connectivity index (χ1n) is 12.3. The van der Waals surface area contributed by atoms with Crippen LogP contribution in [-0.2, 0) is 14.4 Å². The van der Waals surface area contributed by atoms with Crippen LogP contribution in [0.25, 0.3) is 10.8 Å². The van der Waals surface area contributed by atoms with Crippen molar-refractivity contribution in [3.8, 4) is 0 Å². The van der Waals surface area contributed by atoms with Crippen LogP contribution in [0.5, 0.6) is 0 Å². The zero-order valence-electron chi connectivity index (χ0n) is 19.8. The molecule has 3 aromatic rings. The van der Waals surface area contributed by atoms with Gasteiger partial charge in [0.15, 0.2) is 0 Å². The summed E-state index contributed by atoms with van der Waals surface area (Å²) in [5.74, 6) is -1.98. The zero-order valence-corrected chi connectivity index (χ0v) is 22.2. The number of aliphatic hydroxyl groups excluding tert-OH is 1. The van der Waals surface area contributed by atoms with Crippen molar-refractivity contribution in [1.82, 2.24) is 4.90 Å². The van der Waals surface area contributed by atoms with E-state index in [9.17, 15) is 19.5 Å². The Morgan fingerprint density at radius 2 is 1.68 bits per heavy atom. The normalized spacial score (nSPS) is 29.9. The first-order valence-corrected chi connectivity index (χ1v) is 14.1. The molecule has 6 rings (SSSR count). The molecule has 0 saturated carbocycles. The van der Waals surface area contributed by atoms with Gasteiger partial charge in [0.2, 0.25) is 17.7 Å². The Morgan fingerprint density at radius 3 is 2.43 bits per heavy atom. The molecule has 0 radical (unpaired) electrons. The second-order valence-electron chi connectivity index (χ2n) is 9.83. The van der Waals surface area contributed by atoms with Crippen LogP contribution in [0.1, 0.15) is 6.42 Å². The smallest absolute Gasteiger partial charge is 0.248 e. The number of hydrogen-bond donors (Lipinski definition) is 3. The fraction of sp³-hybridized carbons (Fsp3) is 0.321. The van der Waals surface area contributed by atoms with E-state index in [1.165, 1.54) is 4.90 Å². The lowest BCUT2D eigenvalue weighted by atomic mass is 9.70. The number of alkyl halides is 1. The van der Waals surface area contributed by atoms with Crippen molar-refractivity contribution < 1.29 is 19.5 Å². The number of aliphatic hydroxyl groups is 1. The maximum atomic E-state index is 13.9. The number of para-hydroxylation sites is 1. The molecule has 1 spiro atoms. The number of carbonyl (C=O) groups excluding carboxylic acids is 3. The van der Waals surface area contributed by atoms with Crippen LogP contribution in [0, 0.1) is 11.8 Å². The van der Waals surface area contributed by atoms with E-state index in [0.29, 0.717) is 17.8 Å². The van der Waals surface area contributed by atoms with Gasteiger partial charge in [0.25, 0.3) is 0 Å². The van der Waals surface area contributed by atoms with E-state index in [4.69, 9.17) is 0 Å². The molecule has 3 fully saturated rings. The summed E-state index contributed by atoms with van der Waals surface area (Å²) in [6.07, 6.45) is 0.589. The van der Waals surface area contributed by atoms with Crippen molar-refractivity contribution in [1.29, 1.82) is 0 Å². The van der Waals surface area contributed by atoms with Gasteiger partial charge in [-0.25, -0.2) is 0 Å². The minimum absolute atomic E-state index is 0.0156. The number of nitrogens with zero attached hydrogens (tertiary/aromatic N) is 1. The van der Waals surface area contributed by atoms with Gasteiger partial charge in [0.1, 0.15) is 6.04 Å². The molecule has 3 unspecified atom stereocenters. The highest BCUT2D eigenvalue weighted by atomic mass is 79.9. The molecule has 2 bridgehead atoms. The molecular formula is C28H26BrN3O4S. The van der Waals surface area contributed by atoms with Gasteiger partial charge in [-0.1, -0.05) is 64.5 Å². The highest BCUT2D eigenvalue weighted by molar-refractivity contribution is 9.09. The van der Waals surface area contributed by atoms with Crippen molar-refractivity contribution in [2.24, 2.45) is 11.8 Å². The van der Waals surface area contributed by atoms with E-state index in [-0.39, 0.29) is 41.0 Å². The molecule has 6 atom stereocenters. The molecule has 3 saturated heterocycles. The number of fused-ring (bicyclic) bond motifs is 2. The second-order valence-corrected chi connectivity index (χ2v) is 12.5. The van der Waals surface area contributed by atoms with Gasteiger partial charge in [-0.05, 0) is 41.5 Å². The van der Waals surface area contributed by atoms with E-state index in [0.717, 1.165) is 10.8 Å². The number of benzene rings is 3. The van der Waals surface area contributed by atoms with Crippen molar-refractivity contribution in [3.05, 3.63) is 72.8 Å². The predicted octanol–water partition coefficient (Wildman–Crippen LogP) is 3.87. The minimum Gasteiger partial charge on any atom is -0.395 e. The summed E-state index contributed by atoms with van der Waals surface area (Å²) in [5.41, 5.74) is 1.31. The van der Waals surface area contributed by atoms with Gasteiger partial charge in [0.05, 0.1) is 23.2 Å².